The molecule has 2 aromatic rings. The third-order valence-corrected chi connectivity index (χ3v) is 5.72. The van der Waals surface area contributed by atoms with Gasteiger partial charge in [-0.2, -0.15) is 0 Å². The topological polar surface area (TPSA) is 73.8 Å². The van der Waals surface area contributed by atoms with Crippen molar-refractivity contribution in [2.45, 2.75) is 19.0 Å². The zero-order valence-electron chi connectivity index (χ0n) is 16.8. The fourth-order valence-corrected chi connectivity index (χ4v) is 4.12. The van der Waals surface area contributed by atoms with E-state index >= 15 is 0 Å². The molecule has 7 heteroatoms. The molecule has 3 rings (SSSR count). The van der Waals surface area contributed by atoms with Gasteiger partial charge in [0.25, 0.3) is 5.91 Å². The molecule has 0 radical (unpaired) electrons. The molecule has 2 aromatic carbocycles. The normalized spacial score (nSPS) is 19.2. The molecule has 1 saturated heterocycles. The van der Waals surface area contributed by atoms with E-state index in [1.54, 1.807) is 19.2 Å². The lowest BCUT2D eigenvalue weighted by molar-refractivity contribution is 0.0944. The maximum atomic E-state index is 12.7. The molecule has 0 unspecified atom stereocenters. The van der Waals surface area contributed by atoms with Gasteiger partial charge in [-0.25, -0.2) is 0 Å². The summed E-state index contributed by atoms with van der Waals surface area (Å²) in [4.78, 5) is 15.0. The molecule has 6 nitrogen and oxygen atoms in total. The monoisotopic (exact) mass is 417 g/mol. The van der Waals surface area contributed by atoms with Crippen LogP contribution in [0.1, 0.15) is 22.3 Å². The first kappa shape index (κ1) is 21.4. The first-order valence-corrected chi connectivity index (χ1v) is 10.2. The molecule has 0 saturated carbocycles. The second-order valence-electron chi connectivity index (χ2n) is 7.35. The van der Waals surface area contributed by atoms with Crippen LogP contribution < -0.4 is 15.4 Å². The van der Waals surface area contributed by atoms with Gasteiger partial charge in [-0.1, -0.05) is 41.9 Å². The number of nitrogens with one attached hydrogen (secondary N) is 2. The zero-order valence-corrected chi connectivity index (χ0v) is 17.6. The Hall–Kier alpha value is -2.28. The fourth-order valence-electron chi connectivity index (χ4n) is 3.86. The van der Waals surface area contributed by atoms with E-state index in [-0.39, 0.29) is 24.5 Å². The van der Waals surface area contributed by atoms with Crippen molar-refractivity contribution in [3.63, 3.8) is 0 Å². The molecule has 0 bridgehead atoms. The maximum absolute atomic E-state index is 12.7. The molecule has 1 aliphatic heterocycles. The number of nitrogens with zero attached hydrogens (tertiary/aromatic N) is 1. The van der Waals surface area contributed by atoms with Crippen LogP contribution in [-0.4, -0.2) is 55.8 Å². The predicted octanol–water partition coefficient (Wildman–Crippen LogP) is 3.00. The molecule has 3 N–H and O–H groups in total. The summed E-state index contributed by atoms with van der Waals surface area (Å²) < 4.78 is 5.35. The van der Waals surface area contributed by atoms with Crippen LogP contribution in [0.15, 0.2) is 42.5 Å². The number of likely N-dealkylation sites (tertiary alicyclic amines) is 1. The minimum absolute atomic E-state index is 0.107. The van der Waals surface area contributed by atoms with E-state index in [0.717, 1.165) is 19.5 Å². The zero-order chi connectivity index (χ0) is 20.8. The van der Waals surface area contributed by atoms with Gasteiger partial charge < -0.3 is 20.5 Å². The molecule has 1 aliphatic rings. The number of aliphatic hydroxyl groups is 1. The van der Waals surface area contributed by atoms with Crippen molar-refractivity contribution in [2.75, 3.05) is 39.2 Å². The lowest BCUT2D eigenvalue weighted by Gasteiger charge is -2.22. The van der Waals surface area contributed by atoms with Crippen LogP contribution in [0.5, 0.6) is 5.75 Å². The van der Waals surface area contributed by atoms with E-state index in [0.29, 0.717) is 28.6 Å². The number of carbonyl (C=O) groups is 1. The second kappa shape index (κ2) is 9.96. The number of anilines is 1. The molecule has 1 fully saturated rings. The third kappa shape index (κ3) is 5.21. The Labute approximate surface area is 176 Å². The van der Waals surface area contributed by atoms with E-state index in [1.165, 1.54) is 12.7 Å². The minimum Gasteiger partial charge on any atom is -0.496 e. The largest absolute Gasteiger partial charge is 0.496 e. The Morgan fingerprint density at radius 1 is 1.31 bits per heavy atom. The van der Waals surface area contributed by atoms with Crippen LogP contribution in [0.3, 0.4) is 0 Å². The van der Waals surface area contributed by atoms with E-state index in [9.17, 15) is 9.90 Å². The van der Waals surface area contributed by atoms with Gasteiger partial charge in [0.2, 0.25) is 0 Å². The molecular weight excluding hydrogens is 390 g/mol. The maximum Gasteiger partial charge on any atom is 0.255 e. The van der Waals surface area contributed by atoms with Gasteiger partial charge in [0.1, 0.15) is 5.75 Å². The van der Waals surface area contributed by atoms with Gasteiger partial charge in [0.05, 0.1) is 30.0 Å². The first-order valence-electron chi connectivity index (χ1n) is 9.78. The lowest BCUT2D eigenvalue weighted by Crippen LogP contribution is -2.32. The van der Waals surface area contributed by atoms with Gasteiger partial charge in [-0.05, 0) is 24.0 Å². The predicted molar refractivity (Wildman–Crippen MR) is 116 cm³/mol. The molecular formula is C22H28ClN3O3. The van der Waals surface area contributed by atoms with Crippen molar-refractivity contribution in [3.05, 3.63) is 58.6 Å². The summed E-state index contributed by atoms with van der Waals surface area (Å²) in [6.45, 7) is 2.28. The van der Waals surface area contributed by atoms with Crippen molar-refractivity contribution in [1.82, 2.24) is 10.2 Å². The van der Waals surface area contributed by atoms with Crippen molar-refractivity contribution in [3.8, 4) is 5.75 Å². The molecule has 1 heterocycles. The Kier molecular flexibility index (Phi) is 7.36. The number of carbonyl (C=O) groups excluding carboxylic acids is 1. The summed E-state index contributed by atoms with van der Waals surface area (Å²) in [5, 5.41) is 16.2. The number of halogens is 1. The summed E-state index contributed by atoms with van der Waals surface area (Å²) in [6.07, 6.45) is 0.847. The summed E-state index contributed by atoms with van der Waals surface area (Å²) in [5.74, 6) is 0.535. The summed E-state index contributed by atoms with van der Waals surface area (Å²) in [5.41, 5.74) is 2.34. The highest BCUT2D eigenvalue weighted by molar-refractivity contribution is 6.33. The quantitative estimate of drug-likeness (QED) is 0.615. The molecule has 2 atom stereocenters. The first-order chi connectivity index (χ1) is 14.0. The number of hydrogen-bond acceptors (Lipinski definition) is 5. The standard InChI is InChI=1S/C22H28ClN3O3/c1-24-20-10-21(29-2)18(9-19(20)23)22(28)25-11-16-8-17(14-27)26(13-16)12-15-6-4-3-5-7-15/h3-7,9-10,16-17,24,27H,8,11-14H2,1-2H3,(H,25,28)/t16-,17+/m1/s1. The molecule has 29 heavy (non-hydrogen) atoms. The van der Waals surface area contributed by atoms with E-state index < -0.39 is 0 Å². The van der Waals surface area contributed by atoms with Gasteiger partial charge in [0.15, 0.2) is 0 Å². The highest BCUT2D eigenvalue weighted by Crippen LogP contribution is 2.31. The van der Waals surface area contributed by atoms with Crippen molar-refractivity contribution in [2.24, 2.45) is 5.92 Å². The Balaban J connectivity index is 1.61. The lowest BCUT2D eigenvalue weighted by atomic mass is 10.1. The highest BCUT2D eigenvalue weighted by Gasteiger charge is 2.31. The van der Waals surface area contributed by atoms with Gasteiger partial charge in [-0.15, -0.1) is 0 Å². The smallest absolute Gasteiger partial charge is 0.255 e. The van der Waals surface area contributed by atoms with Crippen LogP contribution in [0.2, 0.25) is 5.02 Å². The Morgan fingerprint density at radius 2 is 2.07 bits per heavy atom. The molecule has 1 amide bonds. The summed E-state index contributed by atoms with van der Waals surface area (Å²) >= 11 is 6.23. The summed E-state index contributed by atoms with van der Waals surface area (Å²) in [6, 6.07) is 13.7. The highest BCUT2D eigenvalue weighted by atomic mass is 35.5. The van der Waals surface area contributed by atoms with Gasteiger partial charge >= 0.3 is 0 Å². The molecule has 0 aromatic heterocycles. The van der Waals surface area contributed by atoms with E-state index in [4.69, 9.17) is 16.3 Å². The Morgan fingerprint density at radius 3 is 2.72 bits per heavy atom. The SMILES string of the molecule is CNc1cc(OC)c(C(=O)NC[C@H]2C[C@@H](CO)N(Cc3ccccc3)C2)cc1Cl. The second-order valence-corrected chi connectivity index (χ2v) is 7.75. The molecule has 0 aliphatic carbocycles. The van der Waals surface area contributed by atoms with Gasteiger partial charge in [0, 0.05) is 38.8 Å². The van der Waals surface area contributed by atoms with Crippen LogP contribution in [0.25, 0.3) is 0 Å². The average Bonchev–Trinajstić information content (AvgIpc) is 3.14. The van der Waals surface area contributed by atoms with E-state index in [2.05, 4.69) is 27.7 Å². The van der Waals surface area contributed by atoms with Crippen LogP contribution in [-0.2, 0) is 6.54 Å². The average molecular weight is 418 g/mol. The van der Waals surface area contributed by atoms with Crippen molar-refractivity contribution >= 4 is 23.2 Å². The van der Waals surface area contributed by atoms with Crippen LogP contribution in [0.4, 0.5) is 5.69 Å². The Bertz CT molecular complexity index is 832. The number of benzene rings is 2. The fraction of sp³-hybridized carbons (Fsp3) is 0.409. The van der Waals surface area contributed by atoms with Crippen LogP contribution >= 0.6 is 11.6 Å². The summed E-state index contributed by atoms with van der Waals surface area (Å²) in [7, 11) is 3.29. The number of aliphatic hydroxyl groups excluding tert-OH is 1. The number of methoxy groups -OCH3 is 1. The minimum atomic E-state index is -0.214. The van der Waals surface area contributed by atoms with Crippen LogP contribution in [0, 0.1) is 5.92 Å². The van der Waals surface area contributed by atoms with Gasteiger partial charge in [-0.3, -0.25) is 9.69 Å². The van der Waals surface area contributed by atoms with Crippen molar-refractivity contribution in [1.29, 1.82) is 0 Å². The van der Waals surface area contributed by atoms with E-state index in [1.807, 2.05) is 18.2 Å². The number of hydrogen-bond donors (Lipinski definition) is 3. The van der Waals surface area contributed by atoms with Crippen molar-refractivity contribution < 1.29 is 14.6 Å². The number of ether oxygens (including phenoxy) is 1. The molecule has 0 spiro atoms. The number of rotatable bonds is 8. The molecule has 156 valence electrons. The third-order valence-electron chi connectivity index (χ3n) is 5.41. The number of amides is 1.